The Balaban J connectivity index is 1.12. The van der Waals surface area contributed by atoms with Gasteiger partial charge in [0.25, 0.3) is 0 Å². The highest BCUT2D eigenvalue weighted by atomic mass is 32.1. The molecule has 0 bridgehead atoms. The van der Waals surface area contributed by atoms with E-state index in [1.807, 2.05) is 22.7 Å². The van der Waals surface area contributed by atoms with Crippen molar-refractivity contribution in [2.24, 2.45) is 0 Å². The molecule has 0 aliphatic rings. The van der Waals surface area contributed by atoms with Gasteiger partial charge in [0.05, 0.1) is 0 Å². The molecule has 0 unspecified atom stereocenters. The number of benzene rings is 8. The molecule has 2 aromatic heterocycles. The Morgan fingerprint density at radius 3 is 1.80 bits per heavy atom. The van der Waals surface area contributed by atoms with Crippen molar-refractivity contribution in [3.63, 3.8) is 0 Å². The van der Waals surface area contributed by atoms with Crippen LogP contribution in [-0.2, 0) is 0 Å². The van der Waals surface area contributed by atoms with E-state index in [-0.39, 0.29) is 0 Å². The van der Waals surface area contributed by atoms with Crippen LogP contribution in [0, 0.1) is 0 Å². The minimum absolute atomic E-state index is 1.13. The lowest BCUT2D eigenvalue weighted by atomic mass is 10.00. The molecule has 0 amide bonds. The van der Waals surface area contributed by atoms with E-state index in [0.717, 1.165) is 17.1 Å². The Labute approximate surface area is 292 Å². The summed E-state index contributed by atoms with van der Waals surface area (Å²) in [6.07, 6.45) is 0. The predicted octanol–water partition coefficient (Wildman–Crippen LogP) is 14.4. The maximum Gasteiger partial charge on any atom is 0.0468 e. The van der Waals surface area contributed by atoms with Crippen molar-refractivity contribution in [1.82, 2.24) is 0 Å². The Morgan fingerprint density at radius 1 is 0.327 bits per heavy atom. The van der Waals surface area contributed by atoms with Gasteiger partial charge in [-0.05, 0) is 93.7 Å². The number of hydrogen-bond donors (Lipinski definition) is 0. The highest BCUT2D eigenvalue weighted by Crippen LogP contribution is 2.43. The summed E-state index contributed by atoms with van der Waals surface area (Å²) in [6.45, 7) is 0. The maximum absolute atomic E-state index is 2.40. The van der Waals surface area contributed by atoms with Crippen LogP contribution < -0.4 is 4.90 Å². The van der Waals surface area contributed by atoms with Gasteiger partial charge in [0.15, 0.2) is 0 Å². The second-order valence-electron chi connectivity index (χ2n) is 12.6. The molecule has 0 spiro atoms. The topological polar surface area (TPSA) is 3.24 Å². The van der Waals surface area contributed by atoms with Crippen molar-refractivity contribution in [3.8, 4) is 22.3 Å². The van der Waals surface area contributed by atoms with Crippen molar-refractivity contribution in [1.29, 1.82) is 0 Å². The largest absolute Gasteiger partial charge is 0.310 e. The van der Waals surface area contributed by atoms with Crippen LogP contribution in [0.3, 0.4) is 0 Å². The zero-order chi connectivity index (χ0) is 32.3. The summed E-state index contributed by atoms with van der Waals surface area (Å²) in [5, 5.41) is 7.76. The number of hydrogen-bond acceptors (Lipinski definition) is 3. The van der Waals surface area contributed by atoms with Gasteiger partial charge in [0.1, 0.15) is 0 Å². The van der Waals surface area contributed by atoms with E-state index >= 15 is 0 Å². The highest BCUT2D eigenvalue weighted by Gasteiger charge is 2.17. The summed E-state index contributed by atoms with van der Waals surface area (Å²) in [5.41, 5.74) is 8.32. The van der Waals surface area contributed by atoms with Gasteiger partial charge in [-0.3, -0.25) is 0 Å². The van der Waals surface area contributed by atoms with Gasteiger partial charge in [0.2, 0.25) is 0 Å². The molecule has 0 saturated heterocycles. The fourth-order valence-electron chi connectivity index (χ4n) is 7.26. The zero-order valence-corrected chi connectivity index (χ0v) is 28.1. The second-order valence-corrected chi connectivity index (χ2v) is 14.7. The molecule has 8 aromatic carbocycles. The van der Waals surface area contributed by atoms with Crippen molar-refractivity contribution in [3.05, 3.63) is 176 Å². The third-order valence-corrected chi connectivity index (χ3v) is 12.0. The van der Waals surface area contributed by atoms with E-state index in [4.69, 9.17) is 0 Å². The Hall–Kier alpha value is -5.74. The lowest BCUT2D eigenvalue weighted by Crippen LogP contribution is -2.10. The Kier molecular flexibility index (Phi) is 6.61. The van der Waals surface area contributed by atoms with Crippen LogP contribution >= 0.6 is 22.7 Å². The number of nitrogens with zero attached hydrogens (tertiary/aromatic N) is 1. The molecule has 1 nitrogen and oxygen atoms in total. The van der Waals surface area contributed by atoms with E-state index in [9.17, 15) is 0 Å². The summed E-state index contributed by atoms with van der Waals surface area (Å²) in [4.78, 5) is 2.40. The zero-order valence-electron chi connectivity index (χ0n) is 26.5. The van der Waals surface area contributed by atoms with Gasteiger partial charge in [-0.2, -0.15) is 0 Å². The van der Waals surface area contributed by atoms with Crippen LogP contribution in [0.2, 0.25) is 0 Å². The third-order valence-electron chi connectivity index (χ3n) is 9.65. The van der Waals surface area contributed by atoms with Gasteiger partial charge >= 0.3 is 0 Å². The van der Waals surface area contributed by atoms with Gasteiger partial charge in [0, 0.05) is 57.4 Å². The van der Waals surface area contributed by atoms with Gasteiger partial charge in [-0.25, -0.2) is 0 Å². The van der Waals surface area contributed by atoms with Gasteiger partial charge in [-0.1, -0.05) is 115 Å². The first kappa shape index (κ1) is 28.3. The molecule has 49 heavy (non-hydrogen) atoms. The van der Waals surface area contributed by atoms with Crippen LogP contribution in [0.5, 0.6) is 0 Å². The molecule has 10 aromatic rings. The first-order chi connectivity index (χ1) is 24.3. The summed E-state index contributed by atoms with van der Waals surface area (Å²) >= 11 is 3.74. The van der Waals surface area contributed by atoms with E-state index < -0.39 is 0 Å². The molecule has 0 N–H and O–H groups in total. The van der Waals surface area contributed by atoms with Crippen molar-refractivity contribution in [2.45, 2.75) is 0 Å². The normalized spacial score (nSPS) is 11.7. The molecule has 0 aliphatic carbocycles. The molecule has 3 heteroatoms. The summed E-state index contributed by atoms with van der Waals surface area (Å²) < 4.78 is 5.29. The fraction of sp³-hybridized carbons (Fsp3) is 0. The smallest absolute Gasteiger partial charge is 0.0468 e. The molecule has 2 heterocycles. The van der Waals surface area contributed by atoms with Crippen LogP contribution in [0.25, 0.3) is 73.4 Å². The van der Waals surface area contributed by atoms with Crippen LogP contribution in [0.15, 0.2) is 176 Å². The molecule has 0 aliphatic heterocycles. The highest BCUT2D eigenvalue weighted by molar-refractivity contribution is 7.26. The first-order valence-electron chi connectivity index (χ1n) is 16.6. The quantitative estimate of drug-likeness (QED) is 0.178. The van der Waals surface area contributed by atoms with Crippen LogP contribution in [0.4, 0.5) is 17.1 Å². The molecule has 0 saturated carbocycles. The molecular weight excluding hydrogens is 631 g/mol. The van der Waals surface area contributed by atoms with Crippen molar-refractivity contribution >= 4 is 90.9 Å². The number of rotatable bonds is 5. The molecule has 10 rings (SSSR count). The van der Waals surface area contributed by atoms with Crippen molar-refractivity contribution < 1.29 is 0 Å². The fourth-order valence-corrected chi connectivity index (χ4v) is 9.58. The monoisotopic (exact) mass is 659 g/mol. The minimum Gasteiger partial charge on any atom is -0.310 e. The van der Waals surface area contributed by atoms with Gasteiger partial charge < -0.3 is 4.90 Å². The Bertz CT molecular complexity index is 2840. The van der Waals surface area contributed by atoms with E-state index in [2.05, 4.69) is 181 Å². The average molecular weight is 660 g/mol. The average Bonchev–Trinajstić information content (AvgIpc) is 3.74. The lowest BCUT2D eigenvalue weighted by Gasteiger charge is -2.26. The standard InChI is InChI=1S/C46H29NS2/c1-2-10-32-27-34(20-19-30(32)9-1)33-11-7-12-36(28-33)47(37-25-26-45-42(29-37)40-14-4-5-17-43(40)48-45)35-23-21-31(22-24-35)38-15-8-16-41-39-13-3-6-18-44(39)49-46(38)41/h1-29H. The molecule has 230 valence electrons. The number of anilines is 3. The van der Waals surface area contributed by atoms with Gasteiger partial charge in [-0.15, -0.1) is 22.7 Å². The molecule has 0 radical (unpaired) electrons. The van der Waals surface area contributed by atoms with Crippen molar-refractivity contribution in [2.75, 3.05) is 4.90 Å². The maximum atomic E-state index is 2.40. The summed E-state index contributed by atoms with van der Waals surface area (Å²) in [7, 11) is 0. The minimum atomic E-state index is 1.13. The number of thiophene rings is 2. The number of fused-ring (bicyclic) bond motifs is 7. The Morgan fingerprint density at radius 2 is 0.939 bits per heavy atom. The van der Waals surface area contributed by atoms with E-state index in [1.165, 1.54) is 73.4 Å². The summed E-state index contributed by atoms with van der Waals surface area (Å²) in [6, 6.07) is 64.5. The third kappa shape index (κ3) is 4.82. The van der Waals surface area contributed by atoms with Crippen LogP contribution in [-0.4, -0.2) is 0 Å². The molecule has 0 fully saturated rings. The molecule has 0 atom stereocenters. The second kappa shape index (κ2) is 11.5. The summed E-state index contributed by atoms with van der Waals surface area (Å²) in [5.74, 6) is 0. The molecular formula is C46H29NS2. The van der Waals surface area contributed by atoms with E-state index in [1.54, 1.807) is 0 Å². The van der Waals surface area contributed by atoms with E-state index in [0.29, 0.717) is 0 Å². The SMILES string of the molecule is c1cc(-c2ccc3ccccc3c2)cc(N(c2ccc(-c3cccc4c3sc3ccccc34)cc2)c2ccc3sc4ccccc4c3c2)c1. The first-order valence-corrected chi connectivity index (χ1v) is 18.2. The predicted molar refractivity (Wildman–Crippen MR) is 215 cm³/mol. The lowest BCUT2D eigenvalue weighted by molar-refractivity contribution is 1.29. The van der Waals surface area contributed by atoms with Crippen LogP contribution in [0.1, 0.15) is 0 Å².